The molecule has 1 saturated heterocycles. The summed E-state index contributed by atoms with van der Waals surface area (Å²) in [6.45, 7) is 7.24. The predicted molar refractivity (Wildman–Crippen MR) is 101 cm³/mol. The summed E-state index contributed by atoms with van der Waals surface area (Å²) in [6, 6.07) is 9.44. The van der Waals surface area contributed by atoms with Gasteiger partial charge in [-0.05, 0) is 44.1 Å². The number of carbonyl (C=O) groups excluding carboxylic acids is 1. The van der Waals surface area contributed by atoms with Gasteiger partial charge in [-0.3, -0.25) is 0 Å². The molecule has 1 aliphatic carbocycles. The Balaban J connectivity index is 1.46. The monoisotopic (exact) mass is 380 g/mol. The summed E-state index contributed by atoms with van der Waals surface area (Å²) in [4.78, 5) is 14.0. The zero-order valence-electron chi connectivity index (χ0n) is 15.6. The second-order valence-corrected chi connectivity index (χ2v) is 10.1. The van der Waals surface area contributed by atoms with Gasteiger partial charge in [0.05, 0.1) is 22.3 Å². The van der Waals surface area contributed by atoms with E-state index in [1.54, 1.807) is 4.90 Å². The smallest absolute Gasteiger partial charge is 0.410 e. The first-order valence-electron chi connectivity index (χ1n) is 9.06. The molecule has 2 aliphatic rings. The number of nitrogens with one attached hydrogen (secondary N) is 1. The lowest BCUT2D eigenvalue weighted by Gasteiger charge is -2.26. The molecule has 1 saturated carbocycles. The molecule has 1 aromatic rings. The number of fused-ring (bicyclic) bond motifs is 1. The van der Waals surface area contributed by atoms with Crippen molar-refractivity contribution in [3.63, 3.8) is 0 Å². The van der Waals surface area contributed by atoms with Crippen LogP contribution in [0, 0.1) is 17.8 Å². The molecule has 4 atom stereocenters. The fourth-order valence-electron chi connectivity index (χ4n) is 3.68. The third-order valence-electron chi connectivity index (χ3n) is 5.20. The van der Waals surface area contributed by atoms with Gasteiger partial charge in [0.1, 0.15) is 6.61 Å². The molecule has 1 aliphatic heterocycles. The SMILES string of the molecule is CC(C)(C)S(=O)N[C@@H](CO)C1C2CN(C(=O)OCc3ccccc3)CC21. The number of benzene rings is 1. The molecule has 3 rings (SSSR count). The largest absolute Gasteiger partial charge is 0.445 e. The zero-order valence-corrected chi connectivity index (χ0v) is 16.4. The maximum atomic E-state index is 12.3. The van der Waals surface area contributed by atoms with Crippen molar-refractivity contribution in [2.45, 2.75) is 38.2 Å². The molecule has 2 N–H and O–H groups in total. The minimum Gasteiger partial charge on any atom is -0.445 e. The standard InChI is InChI=1S/C19H28N2O4S/c1-19(2,3)26(24)20-16(11-22)17-14-9-21(10-15(14)17)18(23)25-12-13-7-5-4-6-8-13/h4-8,14-17,20,22H,9-12H2,1-3H3/t14?,15?,16-,17?,26?/m0/s1. The molecular formula is C19H28N2O4S. The summed E-state index contributed by atoms with van der Waals surface area (Å²) in [5.74, 6) is 0.964. The van der Waals surface area contributed by atoms with Gasteiger partial charge in [0.15, 0.2) is 0 Å². The number of aliphatic hydroxyl groups is 1. The molecule has 1 heterocycles. The van der Waals surface area contributed by atoms with Crippen molar-refractivity contribution in [2.75, 3.05) is 19.7 Å². The van der Waals surface area contributed by atoms with E-state index in [1.165, 1.54) is 0 Å². The topological polar surface area (TPSA) is 78.9 Å². The maximum Gasteiger partial charge on any atom is 0.410 e. The van der Waals surface area contributed by atoms with Crippen molar-refractivity contribution >= 4 is 17.1 Å². The number of amides is 1. The molecule has 2 fully saturated rings. The summed E-state index contributed by atoms with van der Waals surface area (Å²) in [6.07, 6.45) is -0.286. The quantitative estimate of drug-likeness (QED) is 0.790. The lowest BCUT2D eigenvalue weighted by Crippen LogP contribution is -2.45. The number of likely N-dealkylation sites (tertiary alicyclic amines) is 1. The van der Waals surface area contributed by atoms with E-state index in [9.17, 15) is 14.1 Å². The Morgan fingerprint density at radius 2 is 1.92 bits per heavy atom. The van der Waals surface area contributed by atoms with Gasteiger partial charge in [0.25, 0.3) is 0 Å². The fraction of sp³-hybridized carbons (Fsp3) is 0.632. The summed E-state index contributed by atoms with van der Waals surface area (Å²) in [5.41, 5.74) is 0.970. The number of rotatable bonds is 6. The van der Waals surface area contributed by atoms with Gasteiger partial charge in [-0.25, -0.2) is 13.7 Å². The molecule has 0 radical (unpaired) electrons. The molecule has 144 valence electrons. The van der Waals surface area contributed by atoms with Crippen LogP contribution >= 0.6 is 0 Å². The van der Waals surface area contributed by atoms with E-state index in [0.29, 0.717) is 24.9 Å². The van der Waals surface area contributed by atoms with E-state index < -0.39 is 11.0 Å². The Morgan fingerprint density at radius 3 is 2.46 bits per heavy atom. The lowest BCUT2D eigenvalue weighted by atomic mass is 10.1. The van der Waals surface area contributed by atoms with Crippen LogP contribution in [0.25, 0.3) is 0 Å². The average molecular weight is 381 g/mol. The van der Waals surface area contributed by atoms with Gasteiger partial charge in [-0.15, -0.1) is 0 Å². The van der Waals surface area contributed by atoms with Crippen molar-refractivity contribution in [1.82, 2.24) is 9.62 Å². The molecule has 1 amide bonds. The summed E-state index contributed by atoms with van der Waals surface area (Å²) < 4.78 is 20.4. The molecule has 0 aromatic heterocycles. The number of aliphatic hydroxyl groups excluding tert-OH is 1. The minimum absolute atomic E-state index is 0.0437. The van der Waals surface area contributed by atoms with Crippen LogP contribution in [-0.2, 0) is 22.3 Å². The van der Waals surface area contributed by atoms with Gasteiger partial charge in [-0.1, -0.05) is 30.3 Å². The Labute approximate surface area is 157 Å². The van der Waals surface area contributed by atoms with E-state index in [2.05, 4.69) is 4.72 Å². The Bertz CT molecular complexity index is 649. The van der Waals surface area contributed by atoms with E-state index in [1.807, 2.05) is 51.1 Å². The third kappa shape index (κ3) is 4.27. The average Bonchev–Trinajstić information content (AvgIpc) is 3.09. The first-order valence-corrected chi connectivity index (χ1v) is 10.2. The van der Waals surface area contributed by atoms with E-state index in [-0.39, 0.29) is 36.0 Å². The summed E-state index contributed by atoms with van der Waals surface area (Å²) in [7, 11) is -1.21. The first-order chi connectivity index (χ1) is 12.3. The van der Waals surface area contributed by atoms with Crippen LogP contribution in [0.15, 0.2) is 30.3 Å². The Kier molecular flexibility index (Phi) is 5.69. The zero-order chi connectivity index (χ0) is 18.9. The number of piperidine rings is 1. The predicted octanol–water partition coefficient (Wildman–Crippen LogP) is 1.91. The molecule has 7 heteroatoms. The second kappa shape index (κ2) is 7.66. The summed E-state index contributed by atoms with van der Waals surface area (Å²) in [5, 5.41) is 9.69. The molecular weight excluding hydrogens is 352 g/mol. The van der Waals surface area contributed by atoms with Crippen molar-refractivity contribution in [2.24, 2.45) is 17.8 Å². The maximum absolute atomic E-state index is 12.3. The molecule has 3 unspecified atom stereocenters. The number of ether oxygens (including phenoxy) is 1. The van der Waals surface area contributed by atoms with Crippen molar-refractivity contribution in [3.05, 3.63) is 35.9 Å². The number of hydrogen-bond acceptors (Lipinski definition) is 4. The van der Waals surface area contributed by atoms with Gasteiger partial charge >= 0.3 is 6.09 Å². The van der Waals surface area contributed by atoms with Gasteiger partial charge in [0, 0.05) is 19.1 Å². The van der Waals surface area contributed by atoms with Crippen LogP contribution < -0.4 is 4.72 Å². The van der Waals surface area contributed by atoms with Crippen molar-refractivity contribution in [1.29, 1.82) is 0 Å². The third-order valence-corrected chi connectivity index (χ3v) is 6.83. The van der Waals surface area contributed by atoms with Crippen LogP contribution in [0.2, 0.25) is 0 Å². The van der Waals surface area contributed by atoms with Crippen LogP contribution in [0.5, 0.6) is 0 Å². The number of carbonyl (C=O) groups is 1. The lowest BCUT2D eigenvalue weighted by molar-refractivity contribution is 0.0971. The highest BCUT2D eigenvalue weighted by molar-refractivity contribution is 7.84. The van der Waals surface area contributed by atoms with Crippen LogP contribution in [0.3, 0.4) is 0 Å². The Morgan fingerprint density at radius 1 is 1.31 bits per heavy atom. The highest BCUT2D eigenvalue weighted by atomic mass is 32.2. The van der Waals surface area contributed by atoms with E-state index >= 15 is 0 Å². The second-order valence-electron chi connectivity index (χ2n) is 8.14. The van der Waals surface area contributed by atoms with Gasteiger partial charge in [0.2, 0.25) is 0 Å². The van der Waals surface area contributed by atoms with Gasteiger partial charge < -0.3 is 14.7 Å². The molecule has 0 bridgehead atoms. The first kappa shape index (κ1) is 19.3. The highest BCUT2D eigenvalue weighted by Crippen LogP contribution is 2.53. The highest BCUT2D eigenvalue weighted by Gasteiger charge is 2.60. The van der Waals surface area contributed by atoms with E-state index in [4.69, 9.17) is 4.74 Å². The fourth-order valence-corrected chi connectivity index (χ4v) is 4.54. The molecule has 0 spiro atoms. The number of hydrogen-bond donors (Lipinski definition) is 2. The minimum atomic E-state index is -1.21. The molecule has 26 heavy (non-hydrogen) atoms. The van der Waals surface area contributed by atoms with Crippen LogP contribution in [0.4, 0.5) is 4.79 Å². The number of nitrogens with zero attached hydrogens (tertiary/aromatic N) is 1. The van der Waals surface area contributed by atoms with Crippen LogP contribution in [0.1, 0.15) is 26.3 Å². The summed E-state index contributed by atoms with van der Waals surface area (Å²) >= 11 is 0. The van der Waals surface area contributed by atoms with Gasteiger partial charge in [-0.2, -0.15) is 0 Å². The van der Waals surface area contributed by atoms with Crippen LogP contribution in [-0.4, -0.2) is 50.8 Å². The van der Waals surface area contributed by atoms with E-state index in [0.717, 1.165) is 5.56 Å². The van der Waals surface area contributed by atoms with Crippen molar-refractivity contribution in [3.8, 4) is 0 Å². The Hall–Kier alpha value is -1.44. The molecule has 1 aromatic carbocycles. The van der Waals surface area contributed by atoms with Crippen molar-refractivity contribution < 1.29 is 18.8 Å². The molecule has 6 nitrogen and oxygen atoms in total. The normalized spacial score (nSPS) is 26.9.